The van der Waals surface area contributed by atoms with Crippen LogP contribution in [0.5, 0.6) is 0 Å². The average Bonchev–Trinajstić information content (AvgIpc) is 3.03. The van der Waals surface area contributed by atoms with Crippen molar-refractivity contribution in [3.8, 4) is 0 Å². The summed E-state index contributed by atoms with van der Waals surface area (Å²) < 4.78 is 1.73. The maximum absolute atomic E-state index is 12.1. The molecule has 1 aliphatic rings. The average molecular weight is 290 g/mol. The summed E-state index contributed by atoms with van der Waals surface area (Å²) in [5.41, 5.74) is 1.94. The minimum Gasteiger partial charge on any atom is -0.349 e. The van der Waals surface area contributed by atoms with Crippen LogP contribution >= 0.6 is 11.3 Å². The van der Waals surface area contributed by atoms with E-state index < -0.39 is 0 Å². The fourth-order valence-corrected chi connectivity index (χ4v) is 3.13. The lowest BCUT2D eigenvalue weighted by Gasteiger charge is -2.13. The second-order valence-electron chi connectivity index (χ2n) is 5.26. The molecule has 1 amide bonds. The van der Waals surface area contributed by atoms with E-state index in [0.717, 1.165) is 11.4 Å². The number of hydrogen-bond donors (Lipinski definition) is 1. The summed E-state index contributed by atoms with van der Waals surface area (Å²) in [5, 5.41) is 10.4. The van der Waals surface area contributed by atoms with Gasteiger partial charge in [-0.25, -0.2) is 4.98 Å². The number of amides is 1. The van der Waals surface area contributed by atoms with Gasteiger partial charge in [-0.05, 0) is 32.8 Å². The first-order valence-electron chi connectivity index (χ1n) is 6.87. The Labute approximate surface area is 122 Å². The normalized spacial score (nSPS) is 16.1. The molecule has 0 bridgehead atoms. The van der Waals surface area contributed by atoms with Gasteiger partial charge in [0.1, 0.15) is 6.04 Å². The number of nitrogens with one attached hydrogen (secondary N) is 1. The number of thiazole rings is 1. The minimum atomic E-state index is -0.300. The van der Waals surface area contributed by atoms with Crippen molar-refractivity contribution in [1.82, 2.24) is 20.1 Å². The molecule has 2 aromatic rings. The molecular formula is C14H18N4OS. The molecule has 0 aromatic carbocycles. The number of rotatable bonds is 5. The molecule has 1 fully saturated rings. The summed E-state index contributed by atoms with van der Waals surface area (Å²) in [4.78, 5) is 16.7. The molecule has 1 atom stereocenters. The van der Waals surface area contributed by atoms with Crippen LogP contribution in [0.3, 0.4) is 0 Å². The molecule has 0 aliphatic heterocycles. The molecule has 106 valence electrons. The van der Waals surface area contributed by atoms with Crippen molar-refractivity contribution < 1.29 is 4.79 Å². The molecule has 1 unspecified atom stereocenters. The van der Waals surface area contributed by atoms with Crippen LogP contribution in [0.2, 0.25) is 0 Å². The van der Waals surface area contributed by atoms with E-state index in [1.807, 2.05) is 25.3 Å². The zero-order valence-electron chi connectivity index (χ0n) is 11.7. The Balaban J connectivity index is 1.57. The summed E-state index contributed by atoms with van der Waals surface area (Å²) in [6.45, 7) is 4.29. The predicted molar refractivity (Wildman–Crippen MR) is 77.6 cm³/mol. The van der Waals surface area contributed by atoms with Gasteiger partial charge in [-0.1, -0.05) is 0 Å². The van der Waals surface area contributed by atoms with Crippen LogP contribution in [0.1, 0.15) is 48.1 Å². The highest BCUT2D eigenvalue weighted by Gasteiger charge is 2.26. The van der Waals surface area contributed by atoms with Crippen molar-refractivity contribution >= 4 is 17.2 Å². The Hall–Kier alpha value is -1.69. The lowest BCUT2D eigenvalue weighted by Crippen LogP contribution is -2.31. The highest BCUT2D eigenvalue weighted by Crippen LogP contribution is 2.41. The molecule has 5 nitrogen and oxygen atoms in total. The fourth-order valence-electron chi connectivity index (χ4n) is 2.14. The van der Waals surface area contributed by atoms with E-state index in [-0.39, 0.29) is 11.9 Å². The summed E-state index contributed by atoms with van der Waals surface area (Å²) in [5.74, 6) is 0.646. The highest BCUT2D eigenvalue weighted by atomic mass is 32.1. The van der Waals surface area contributed by atoms with Gasteiger partial charge >= 0.3 is 0 Å². The molecule has 1 saturated carbocycles. The maximum atomic E-state index is 12.1. The molecule has 1 aliphatic carbocycles. The van der Waals surface area contributed by atoms with E-state index in [1.54, 1.807) is 22.2 Å². The Morgan fingerprint density at radius 1 is 1.60 bits per heavy atom. The molecule has 0 spiro atoms. The fraction of sp³-hybridized carbons (Fsp3) is 0.500. The lowest BCUT2D eigenvalue weighted by atomic mass is 10.3. The topological polar surface area (TPSA) is 59.8 Å². The van der Waals surface area contributed by atoms with E-state index >= 15 is 0 Å². The highest BCUT2D eigenvalue weighted by molar-refractivity contribution is 7.09. The van der Waals surface area contributed by atoms with Crippen molar-refractivity contribution in [3.63, 3.8) is 0 Å². The Bertz CT molecular complexity index is 614. The lowest BCUT2D eigenvalue weighted by molar-refractivity contribution is -0.124. The van der Waals surface area contributed by atoms with Gasteiger partial charge < -0.3 is 5.32 Å². The van der Waals surface area contributed by atoms with Crippen molar-refractivity contribution in [2.75, 3.05) is 0 Å². The second-order valence-corrected chi connectivity index (χ2v) is 6.15. The van der Waals surface area contributed by atoms with Crippen LogP contribution in [0.4, 0.5) is 0 Å². The van der Waals surface area contributed by atoms with Crippen LogP contribution < -0.4 is 5.32 Å². The van der Waals surface area contributed by atoms with Crippen LogP contribution in [0.15, 0.2) is 17.6 Å². The van der Waals surface area contributed by atoms with Gasteiger partial charge in [0, 0.05) is 23.2 Å². The van der Waals surface area contributed by atoms with E-state index in [9.17, 15) is 4.79 Å². The van der Waals surface area contributed by atoms with E-state index in [4.69, 9.17) is 0 Å². The molecule has 6 heteroatoms. The van der Waals surface area contributed by atoms with Gasteiger partial charge in [0.25, 0.3) is 0 Å². The van der Waals surface area contributed by atoms with Gasteiger partial charge in [-0.2, -0.15) is 5.10 Å². The predicted octanol–water partition coefficient (Wildman–Crippen LogP) is 2.40. The first-order valence-corrected chi connectivity index (χ1v) is 7.75. The van der Waals surface area contributed by atoms with Gasteiger partial charge in [0.05, 0.1) is 17.2 Å². The SMILES string of the molecule is Cc1ccnn1C(C)C(=O)NCc1csc(C2CC2)n1. The number of nitrogens with zero attached hydrogens (tertiary/aromatic N) is 3. The van der Waals surface area contributed by atoms with Crippen molar-refractivity contribution in [3.05, 3.63) is 34.0 Å². The van der Waals surface area contributed by atoms with E-state index in [2.05, 4.69) is 15.4 Å². The molecule has 0 saturated heterocycles. The third kappa shape index (κ3) is 2.75. The van der Waals surface area contributed by atoms with Gasteiger partial charge in [-0.3, -0.25) is 9.48 Å². The van der Waals surface area contributed by atoms with Gasteiger partial charge in [0.2, 0.25) is 5.91 Å². The van der Waals surface area contributed by atoms with Gasteiger partial charge in [-0.15, -0.1) is 11.3 Å². The van der Waals surface area contributed by atoms with Crippen LogP contribution in [-0.4, -0.2) is 20.7 Å². The molecular weight excluding hydrogens is 272 g/mol. The van der Waals surface area contributed by atoms with E-state index in [0.29, 0.717) is 12.5 Å². The largest absolute Gasteiger partial charge is 0.349 e. The quantitative estimate of drug-likeness (QED) is 0.920. The monoisotopic (exact) mass is 290 g/mol. The Kier molecular flexibility index (Phi) is 3.56. The van der Waals surface area contributed by atoms with Gasteiger partial charge in [0.15, 0.2) is 0 Å². The summed E-state index contributed by atoms with van der Waals surface area (Å²) in [7, 11) is 0. The third-order valence-electron chi connectivity index (χ3n) is 3.55. The number of aromatic nitrogens is 3. The second kappa shape index (κ2) is 5.36. The molecule has 0 radical (unpaired) electrons. The molecule has 3 rings (SSSR count). The summed E-state index contributed by atoms with van der Waals surface area (Å²) in [6, 6.07) is 1.60. The van der Waals surface area contributed by atoms with Crippen LogP contribution in [0.25, 0.3) is 0 Å². The van der Waals surface area contributed by atoms with Crippen molar-refractivity contribution in [2.24, 2.45) is 0 Å². The molecule has 1 N–H and O–H groups in total. The van der Waals surface area contributed by atoms with E-state index in [1.165, 1.54) is 17.8 Å². The maximum Gasteiger partial charge on any atom is 0.244 e. The summed E-state index contributed by atoms with van der Waals surface area (Å²) >= 11 is 1.70. The first-order chi connectivity index (χ1) is 9.65. The smallest absolute Gasteiger partial charge is 0.244 e. The first kappa shape index (κ1) is 13.3. The zero-order chi connectivity index (χ0) is 14.1. The molecule has 2 heterocycles. The number of hydrogen-bond acceptors (Lipinski definition) is 4. The molecule has 20 heavy (non-hydrogen) atoms. The zero-order valence-corrected chi connectivity index (χ0v) is 12.5. The number of aryl methyl sites for hydroxylation is 1. The van der Waals surface area contributed by atoms with Crippen molar-refractivity contribution in [2.45, 2.75) is 45.2 Å². The number of carbonyl (C=O) groups excluding carboxylic acids is 1. The minimum absolute atomic E-state index is 0.0298. The van der Waals surface area contributed by atoms with Crippen molar-refractivity contribution in [1.29, 1.82) is 0 Å². The Morgan fingerprint density at radius 2 is 2.40 bits per heavy atom. The van der Waals surface area contributed by atoms with Crippen LogP contribution in [0, 0.1) is 6.92 Å². The van der Waals surface area contributed by atoms with Crippen LogP contribution in [-0.2, 0) is 11.3 Å². The standard InChI is InChI=1S/C14H18N4OS/c1-9-5-6-16-18(9)10(2)13(19)15-7-12-8-20-14(17-12)11-3-4-11/h5-6,8,10-11H,3-4,7H2,1-2H3,(H,15,19). The number of carbonyl (C=O) groups is 1. The third-order valence-corrected chi connectivity index (χ3v) is 4.61. The molecule has 2 aromatic heterocycles. The summed E-state index contributed by atoms with van der Waals surface area (Å²) in [6.07, 6.45) is 4.23. The Morgan fingerprint density at radius 3 is 3.05 bits per heavy atom.